The van der Waals surface area contributed by atoms with Gasteiger partial charge in [-0.1, -0.05) is 134 Å². The van der Waals surface area contributed by atoms with E-state index in [2.05, 4.69) is 177 Å². The maximum absolute atomic E-state index is 14.4. The minimum Gasteiger partial charge on any atom is -0.387 e. The van der Waals surface area contributed by atoms with Crippen LogP contribution in [0.5, 0.6) is 0 Å². The number of aromatic nitrogens is 6. The van der Waals surface area contributed by atoms with Gasteiger partial charge in [0, 0.05) is 58.4 Å². The molecule has 6 saturated carbocycles. The van der Waals surface area contributed by atoms with E-state index >= 15 is 0 Å². The number of H-pyrrole nitrogens is 2. The molecule has 6 unspecified atom stereocenters. The number of fused-ring (bicyclic) bond motifs is 16. The average molecular weight is 1550 g/mol. The molecule has 10 N–H and O–H groups in total. The van der Waals surface area contributed by atoms with E-state index < -0.39 is 5.41 Å². The third kappa shape index (κ3) is 9.93. The number of hydrogen-bond donors (Lipinski definition) is 6. The number of nitrogens with two attached hydrogens (primary N) is 4. The summed E-state index contributed by atoms with van der Waals surface area (Å²) in [6, 6.07) is 0. The smallest absolute Gasteiger partial charge is 0.103 e. The van der Waals surface area contributed by atoms with Gasteiger partial charge >= 0.3 is 50.5 Å². The Bertz CT molecular complexity index is 3320. The summed E-state index contributed by atoms with van der Waals surface area (Å²) >= 11 is 11.8. The number of anilines is 3. The molecule has 87 heavy (non-hydrogen) atoms. The molecule has 0 radical (unpaired) electrons. The quantitative estimate of drug-likeness (QED) is 0.0814. The van der Waals surface area contributed by atoms with Crippen molar-refractivity contribution in [1.29, 1.82) is 0 Å². The number of halogens is 4. The Morgan fingerprint density at radius 2 is 1.05 bits per heavy atom. The molecule has 0 bridgehead atoms. The van der Waals surface area contributed by atoms with E-state index in [4.69, 9.17) is 34.5 Å². The Labute approximate surface area is 556 Å². The van der Waals surface area contributed by atoms with Gasteiger partial charge in [-0.3, -0.25) is 24.4 Å². The second-order valence-corrected chi connectivity index (χ2v) is 50.1. The number of imidazole rings is 1. The van der Waals surface area contributed by atoms with Crippen molar-refractivity contribution >= 4 is 83.4 Å². The van der Waals surface area contributed by atoms with Crippen LogP contribution in [0.15, 0.2) is 53.0 Å². The second-order valence-electron chi connectivity index (χ2n) is 33.5. The van der Waals surface area contributed by atoms with Gasteiger partial charge in [-0.15, -0.1) is 0 Å². The van der Waals surface area contributed by atoms with Gasteiger partial charge in [-0.2, -0.15) is 10.2 Å². The zero-order valence-electron chi connectivity index (χ0n) is 54.2. The summed E-state index contributed by atoms with van der Waals surface area (Å²) < 4.78 is 1.64. The molecule has 3 aromatic rings. The summed E-state index contributed by atoms with van der Waals surface area (Å²) in [7, 11) is 0. The zero-order chi connectivity index (χ0) is 62.6. The normalized spacial score (nSPS) is 40.5. The molecule has 17 heteroatoms. The molecule has 0 saturated heterocycles. The minimum atomic E-state index is -0.410. The monoisotopic (exact) mass is 1550 g/mol. The first-order chi connectivity index (χ1) is 40.0. The van der Waals surface area contributed by atoms with Crippen molar-refractivity contribution in [3.63, 3.8) is 0 Å². The molecular weight excluding hydrogens is 1440 g/mol. The van der Waals surface area contributed by atoms with Gasteiger partial charge in [0.25, 0.3) is 0 Å². The van der Waals surface area contributed by atoms with Crippen LogP contribution >= 0.6 is 48.8 Å². The SMILES string of the molecule is C.CC1(C)CC[C@]2(C(=O)Cl)CC[C@]3(C)C(=CCC4[C@@]5(C)Cc6c(N)n[nH]c6C(C)(C)C5CC[C@]43C)C2C1.CC1(C)CC[C@]2(C(=O)n3ccnc3N)CC[C@]3(C)C(=CCC4[C@@]5(C)Cc6c(N)n[nH]c6C(C)(C)C5CC[C@]43C)C2C1.I[I-]I.NC1=NC=CC1. The van der Waals surface area contributed by atoms with Crippen LogP contribution in [-0.4, -0.2) is 46.9 Å². The van der Waals surface area contributed by atoms with Crippen LogP contribution in [0, 0.1) is 89.7 Å². The van der Waals surface area contributed by atoms with Crippen LogP contribution in [0.2, 0.25) is 0 Å². The van der Waals surface area contributed by atoms with E-state index in [1.165, 1.54) is 48.2 Å². The van der Waals surface area contributed by atoms with Crippen LogP contribution in [0.3, 0.4) is 0 Å². The summed E-state index contributed by atoms with van der Waals surface area (Å²) in [6.07, 6.45) is 32.4. The van der Waals surface area contributed by atoms with Gasteiger partial charge in [0.15, 0.2) is 0 Å². The number of aliphatic imine (C=N–C) groups is 1. The largest absolute Gasteiger partial charge is 0.387 e. The average Bonchev–Trinajstić information content (AvgIpc) is 1.15. The Hall–Kier alpha value is -2.46. The number of nitrogens with zero attached hydrogens (tertiary/aromatic N) is 5. The number of aromatic amines is 2. The molecule has 6 fully saturated rings. The predicted molar refractivity (Wildman–Crippen MR) is 370 cm³/mol. The van der Waals surface area contributed by atoms with Crippen molar-refractivity contribution in [3.8, 4) is 0 Å². The predicted octanol–water partition coefficient (Wildman–Crippen LogP) is 14.2. The molecule has 482 valence electrons. The van der Waals surface area contributed by atoms with Crippen LogP contribution in [0.1, 0.15) is 241 Å². The molecule has 4 heterocycles. The van der Waals surface area contributed by atoms with E-state index in [0.29, 0.717) is 54.5 Å². The molecule has 3 aromatic heterocycles. The van der Waals surface area contributed by atoms with E-state index in [-0.39, 0.29) is 90.0 Å². The molecule has 0 spiro atoms. The van der Waals surface area contributed by atoms with Gasteiger partial charge in [0.2, 0.25) is 17.1 Å². The zero-order valence-corrected chi connectivity index (χ0v) is 61.5. The van der Waals surface area contributed by atoms with E-state index in [9.17, 15) is 9.59 Å². The fraction of sp³-hybridized carbons (Fsp3) is 0.743. The topological polar surface area (TPSA) is 226 Å². The molecule has 0 amide bonds. The summed E-state index contributed by atoms with van der Waals surface area (Å²) in [5.41, 5.74) is 33.1. The van der Waals surface area contributed by atoms with E-state index in [0.717, 1.165) is 102 Å². The van der Waals surface area contributed by atoms with Crippen LogP contribution in [0.25, 0.3) is 0 Å². The van der Waals surface area contributed by atoms with Crippen LogP contribution < -0.4 is 36.2 Å². The third-order valence-electron chi connectivity index (χ3n) is 28.1. The first-order valence-electron chi connectivity index (χ1n) is 32.5. The van der Waals surface area contributed by atoms with Crippen molar-refractivity contribution < 1.29 is 22.8 Å². The van der Waals surface area contributed by atoms with Crippen molar-refractivity contribution in [2.75, 3.05) is 17.2 Å². The molecule has 10 aliphatic carbocycles. The van der Waals surface area contributed by atoms with Crippen molar-refractivity contribution in [2.45, 2.75) is 237 Å². The molecule has 11 aliphatic rings. The molecule has 13 nitrogen and oxygen atoms in total. The van der Waals surface area contributed by atoms with Gasteiger partial charge in [0.1, 0.15) is 17.5 Å². The van der Waals surface area contributed by atoms with Crippen LogP contribution in [-0.2, 0) is 28.5 Å². The number of nitrogens with one attached hydrogen (secondary N) is 2. The van der Waals surface area contributed by atoms with Gasteiger partial charge in [0.05, 0.1) is 10.8 Å². The van der Waals surface area contributed by atoms with Gasteiger partial charge in [-0.25, -0.2) is 9.98 Å². The summed E-state index contributed by atoms with van der Waals surface area (Å²) in [5, 5.41) is 15.5. The van der Waals surface area contributed by atoms with Gasteiger partial charge < -0.3 is 22.9 Å². The number of amidine groups is 1. The molecule has 1 aliphatic heterocycles. The van der Waals surface area contributed by atoms with E-state index in [1.54, 1.807) is 34.3 Å². The summed E-state index contributed by atoms with van der Waals surface area (Å²) in [6.45, 7) is 34.7. The number of carbonyl (C=O) groups is 2. The molecule has 14 atom stereocenters. The second kappa shape index (κ2) is 22.6. The summed E-state index contributed by atoms with van der Waals surface area (Å²) in [5.74, 6) is 5.38. The van der Waals surface area contributed by atoms with Crippen molar-refractivity contribution in [2.24, 2.45) is 100 Å². The fourth-order valence-electron chi connectivity index (χ4n) is 23.2. The standard InChI is InChI=1S/C34H50N6O.C31H46ClN3O.C4H6N2.CH4.I3/c1-29(2)12-14-34(27(41)40-17-16-37-28(40)36)15-13-32(6)21(22(34)19-29)8-9-24-31(5)18-20-25(38-39-26(20)35)30(3,4)23(31)10-11-33(24,32)7;1-26(2)12-14-31(25(32)36)15-13-29(6)19(20(31)17-26)8-9-22-28(5)16-18-23(34-35-24(18)33)27(3,4)21(28)10-11-30(22,29)7;5-4-2-1-3-6-4;;1-3-2/h8,16-17,22-24H,9-15,18-19H2,1-7H3,(H2,36,37)(H3,35,38,39);8,20-22H,9-17H2,1-7H3,(H3,33,34,35);1,3H,2H2,(H2,5,6);1H4;/q;;;;-1/t22?,23?,24?,31-,32+,33+,34-;20?,21?,22?,28-,29+,30+,31-;;;/m00.../s1. The van der Waals surface area contributed by atoms with Gasteiger partial charge in [-0.05, 0) is 206 Å². The Balaban J connectivity index is 0.000000168. The number of hydrogen-bond acceptors (Lipinski definition) is 10. The number of allylic oxidation sites excluding steroid dienone is 4. The number of nitrogen functional groups attached to an aromatic ring is 3. The van der Waals surface area contributed by atoms with Crippen LogP contribution in [0.4, 0.5) is 17.6 Å². The van der Waals surface area contributed by atoms with Crippen molar-refractivity contribution in [1.82, 2.24) is 29.9 Å². The Morgan fingerprint density at radius 1 is 0.621 bits per heavy atom. The Kier molecular flexibility index (Phi) is 17.6. The number of rotatable bonds is 2. The van der Waals surface area contributed by atoms with Crippen molar-refractivity contribution in [3.05, 3.63) is 70.5 Å². The first-order valence-corrected chi connectivity index (χ1v) is 45.4. The minimum absolute atomic E-state index is 0. The first kappa shape index (κ1) is 67.4. The Morgan fingerprint density at radius 3 is 1.44 bits per heavy atom. The fourth-order valence-corrected chi connectivity index (χ4v) is 23.5. The number of carbonyl (C=O) groups excluding carboxylic acids is 2. The molecule has 0 aromatic carbocycles. The molecule has 14 rings (SSSR count). The maximum Gasteiger partial charge on any atom is 0.103 e. The third-order valence-corrected chi connectivity index (χ3v) is 28.5. The molecular formula is C70H106ClI3N11O2-. The summed E-state index contributed by atoms with van der Waals surface area (Å²) in [4.78, 5) is 35.4. The van der Waals surface area contributed by atoms with E-state index in [1.807, 2.05) is 6.08 Å². The maximum atomic E-state index is 14.4.